The highest BCUT2D eigenvalue weighted by Crippen LogP contribution is 2.18. The lowest BCUT2D eigenvalue weighted by atomic mass is 10.1. The molecule has 0 aliphatic heterocycles. The van der Waals surface area contributed by atoms with E-state index >= 15 is 0 Å². The molecule has 0 amide bonds. The second kappa shape index (κ2) is 4.60. The third-order valence-corrected chi connectivity index (χ3v) is 1.99. The molecule has 1 heterocycles. The van der Waals surface area contributed by atoms with E-state index in [2.05, 4.69) is 4.98 Å². The van der Waals surface area contributed by atoms with Crippen LogP contribution < -0.4 is 4.74 Å². The lowest BCUT2D eigenvalue weighted by Gasteiger charge is -2.09. The standard InChI is InChI=1S/C10H13NO3/c1-7(10(12)13)6-8-9(14-2)4-3-5-11-8/h3-5,7H,6H2,1-2H3,(H,12,13). The average molecular weight is 195 g/mol. The maximum atomic E-state index is 10.6. The van der Waals surface area contributed by atoms with Gasteiger partial charge in [-0.05, 0) is 12.1 Å². The SMILES string of the molecule is COc1cccnc1CC(C)C(=O)O. The van der Waals surface area contributed by atoms with Crippen LogP contribution in [-0.2, 0) is 11.2 Å². The fourth-order valence-corrected chi connectivity index (χ4v) is 1.14. The molecule has 4 heteroatoms. The monoisotopic (exact) mass is 195 g/mol. The van der Waals surface area contributed by atoms with Gasteiger partial charge in [0.1, 0.15) is 5.75 Å². The van der Waals surface area contributed by atoms with E-state index in [0.717, 1.165) is 0 Å². The summed E-state index contributed by atoms with van der Waals surface area (Å²) in [6.07, 6.45) is 2.02. The molecule has 0 radical (unpaired) electrons. The van der Waals surface area contributed by atoms with Gasteiger partial charge in [-0.3, -0.25) is 9.78 Å². The van der Waals surface area contributed by atoms with Crippen molar-refractivity contribution in [1.29, 1.82) is 0 Å². The van der Waals surface area contributed by atoms with Crippen LogP contribution in [0.5, 0.6) is 5.75 Å². The van der Waals surface area contributed by atoms with Crippen molar-refractivity contribution >= 4 is 5.97 Å². The van der Waals surface area contributed by atoms with Gasteiger partial charge in [0, 0.05) is 12.6 Å². The minimum Gasteiger partial charge on any atom is -0.495 e. The lowest BCUT2D eigenvalue weighted by Crippen LogP contribution is -2.13. The van der Waals surface area contributed by atoms with Crippen LogP contribution in [0.2, 0.25) is 0 Å². The number of hydrogen-bond acceptors (Lipinski definition) is 3. The maximum Gasteiger partial charge on any atom is 0.306 e. The molecule has 1 N–H and O–H groups in total. The second-order valence-electron chi connectivity index (χ2n) is 3.10. The van der Waals surface area contributed by atoms with E-state index in [4.69, 9.17) is 9.84 Å². The Hall–Kier alpha value is -1.58. The molecule has 0 fully saturated rings. The van der Waals surface area contributed by atoms with Crippen molar-refractivity contribution < 1.29 is 14.6 Å². The first-order valence-electron chi connectivity index (χ1n) is 4.36. The Bertz CT molecular complexity index is 325. The van der Waals surface area contributed by atoms with E-state index < -0.39 is 11.9 Å². The van der Waals surface area contributed by atoms with Crippen LogP contribution in [0.3, 0.4) is 0 Å². The molecular formula is C10H13NO3. The van der Waals surface area contributed by atoms with Gasteiger partial charge >= 0.3 is 5.97 Å². The van der Waals surface area contributed by atoms with Crippen LogP contribution >= 0.6 is 0 Å². The molecule has 0 saturated carbocycles. The van der Waals surface area contributed by atoms with Crippen molar-refractivity contribution in [3.05, 3.63) is 24.0 Å². The molecule has 0 bridgehead atoms. The van der Waals surface area contributed by atoms with E-state index in [1.165, 1.54) is 0 Å². The second-order valence-corrected chi connectivity index (χ2v) is 3.10. The summed E-state index contributed by atoms with van der Waals surface area (Å²) in [4.78, 5) is 14.7. The summed E-state index contributed by atoms with van der Waals surface area (Å²) in [5, 5.41) is 8.74. The fraction of sp³-hybridized carbons (Fsp3) is 0.400. The highest BCUT2D eigenvalue weighted by atomic mass is 16.5. The highest BCUT2D eigenvalue weighted by molar-refractivity contribution is 5.69. The number of nitrogens with zero attached hydrogens (tertiary/aromatic N) is 1. The van der Waals surface area contributed by atoms with Crippen molar-refractivity contribution in [3.8, 4) is 5.75 Å². The number of carboxylic acids is 1. The number of aromatic nitrogens is 1. The maximum absolute atomic E-state index is 10.6. The van der Waals surface area contributed by atoms with Crippen LogP contribution in [0, 0.1) is 5.92 Å². The third kappa shape index (κ3) is 2.45. The predicted molar refractivity (Wildman–Crippen MR) is 51.3 cm³/mol. The van der Waals surface area contributed by atoms with E-state index in [1.54, 1.807) is 32.4 Å². The summed E-state index contributed by atoms with van der Waals surface area (Å²) in [5.74, 6) is -0.628. The number of methoxy groups -OCH3 is 1. The van der Waals surface area contributed by atoms with E-state index in [0.29, 0.717) is 17.9 Å². The molecule has 1 unspecified atom stereocenters. The first kappa shape index (κ1) is 10.5. The normalized spacial score (nSPS) is 12.1. The Morgan fingerprint density at radius 2 is 2.43 bits per heavy atom. The minimum absolute atomic E-state index is 0.388. The van der Waals surface area contributed by atoms with E-state index in [1.807, 2.05) is 0 Å². The molecule has 1 aromatic rings. The molecule has 76 valence electrons. The first-order chi connectivity index (χ1) is 6.65. The summed E-state index contributed by atoms with van der Waals surface area (Å²) >= 11 is 0. The number of ether oxygens (including phenoxy) is 1. The summed E-state index contributed by atoms with van der Waals surface area (Å²) in [6, 6.07) is 3.53. The average Bonchev–Trinajstić information content (AvgIpc) is 2.18. The molecule has 1 aromatic heterocycles. The zero-order valence-electron chi connectivity index (χ0n) is 8.23. The number of carboxylic acid groups (broad SMARTS) is 1. The number of pyridine rings is 1. The highest BCUT2D eigenvalue weighted by Gasteiger charge is 2.14. The quantitative estimate of drug-likeness (QED) is 0.787. The van der Waals surface area contributed by atoms with Gasteiger partial charge in [-0.1, -0.05) is 6.92 Å². The van der Waals surface area contributed by atoms with Crippen LogP contribution in [0.15, 0.2) is 18.3 Å². The van der Waals surface area contributed by atoms with Gasteiger partial charge < -0.3 is 9.84 Å². The van der Waals surface area contributed by atoms with E-state index in [-0.39, 0.29) is 0 Å². The van der Waals surface area contributed by atoms with Crippen molar-refractivity contribution in [2.75, 3.05) is 7.11 Å². The predicted octanol–water partition coefficient (Wildman–Crippen LogP) is 1.35. The Morgan fingerprint density at radius 1 is 1.71 bits per heavy atom. The lowest BCUT2D eigenvalue weighted by molar-refractivity contribution is -0.141. The Balaban J connectivity index is 2.80. The van der Waals surface area contributed by atoms with Gasteiger partial charge in [-0.15, -0.1) is 0 Å². The third-order valence-electron chi connectivity index (χ3n) is 1.99. The molecule has 0 aliphatic carbocycles. The van der Waals surface area contributed by atoms with Crippen molar-refractivity contribution in [2.24, 2.45) is 5.92 Å². The van der Waals surface area contributed by atoms with Crippen LogP contribution in [-0.4, -0.2) is 23.2 Å². The fourth-order valence-electron chi connectivity index (χ4n) is 1.14. The Labute approximate surface area is 82.5 Å². The molecule has 0 aliphatic rings. The topological polar surface area (TPSA) is 59.4 Å². The van der Waals surface area contributed by atoms with Gasteiger partial charge in [0.2, 0.25) is 0 Å². The molecule has 1 rings (SSSR count). The molecule has 0 spiro atoms. The summed E-state index contributed by atoms with van der Waals surface area (Å²) in [6.45, 7) is 1.65. The van der Waals surface area contributed by atoms with Gasteiger partial charge in [0.05, 0.1) is 18.7 Å². The molecular weight excluding hydrogens is 182 g/mol. The number of hydrogen-bond donors (Lipinski definition) is 1. The van der Waals surface area contributed by atoms with Crippen LogP contribution in [0.4, 0.5) is 0 Å². The van der Waals surface area contributed by atoms with Gasteiger partial charge in [-0.2, -0.15) is 0 Å². The summed E-state index contributed by atoms with van der Waals surface area (Å²) < 4.78 is 5.07. The Kier molecular flexibility index (Phi) is 3.45. The number of rotatable bonds is 4. The molecule has 4 nitrogen and oxygen atoms in total. The first-order valence-corrected chi connectivity index (χ1v) is 4.36. The van der Waals surface area contributed by atoms with E-state index in [9.17, 15) is 4.79 Å². The number of aliphatic carboxylic acids is 1. The van der Waals surface area contributed by atoms with Gasteiger partial charge in [0.15, 0.2) is 0 Å². The molecule has 14 heavy (non-hydrogen) atoms. The zero-order chi connectivity index (χ0) is 10.6. The number of carbonyl (C=O) groups is 1. The smallest absolute Gasteiger partial charge is 0.306 e. The van der Waals surface area contributed by atoms with Crippen molar-refractivity contribution in [2.45, 2.75) is 13.3 Å². The summed E-state index contributed by atoms with van der Waals surface area (Å²) in [5.41, 5.74) is 0.685. The molecule has 0 saturated heterocycles. The van der Waals surface area contributed by atoms with Crippen molar-refractivity contribution in [3.63, 3.8) is 0 Å². The van der Waals surface area contributed by atoms with Gasteiger partial charge in [-0.25, -0.2) is 0 Å². The summed E-state index contributed by atoms with van der Waals surface area (Å²) in [7, 11) is 1.55. The molecule has 1 atom stereocenters. The molecule has 0 aromatic carbocycles. The van der Waals surface area contributed by atoms with Crippen LogP contribution in [0.25, 0.3) is 0 Å². The zero-order valence-corrected chi connectivity index (χ0v) is 8.23. The minimum atomic E-state index is -0.822. The van der Waals surface area contributed by atoms with Gasteiger partial charge in [0.25, 0.3) is 0 Å². The van der Waals surface area contributed by atoms with Crippen molar-refractivity contribution in [1.82, 2.24) is 4.98 Å². The largest absolute Gasteiger partial charge is 0.495 e. The Morgan fingerprint density at radius 3 is 3.00 bits per heavy atom. The van der Waals surface area contributed by atoms with Crippen LogP contribution in [0.1, 0.15) is 12.6 Å².